The SMILES string of the molecule is CCOC(=O)c1nc(NCC(=O)c2ccccc2)n[nH]1. The second-order valence-electron chi connectivity index (χ2n) is 3.87. The zero-order chi connectivity index (χ0) is 14.4. The standard InChI is InChI=1S/C13H14N4O3/c1-2-20-12(19)11-15-13(17-16-11)14-8-10(18)9-6-4-3-5-7-9/h3-7H,2,8H2,1H3,(H2,14,15,16,17). The van der Waals surface area contributed by atoms with Crippen molar-refractivity contribution in [3.05, 3.63) is 41.7 Å². The Kier molecular flexibility index (Phi) is 4.43. The normalized spacial score (nSPS) is 10.1. The topological polar surface area (TPSA) is 97.0 Å². The van der Waals surface area contributed by atoms with E-state index >= 15 is 0 Å². The monoisotopic (exact) mass is 274 g/mol. The molecule has 0 atom stereocenters. The number of anilines is 1. The number of rotatable bonds is 6. The van der Waals surface area contributed by atoms with Crippen molar-refractivity contribution >= 4 is 17.7 Å². The number of hydrogen-bond donors (Lipinski definition) is 2. The number of hydrogen-bond acceptors (Lipinski definition) is 6. The maximum absolute atomic E-state index is 11.8. The maximum Gasteiger partial charge on any atom is 0.375 e. The Morgan fingerprint density at radius 1 is 1.30 bits per heavy atom. The summed E-state index contributed by atoms with van der Waals surface area (Å²) in [7, 11) is 0. The molecule has 0 amide bonds. The molecule has 0 saturated carbocycles. The predicted octanol–water partition coefficient (Wildman–Crippen LogP) is 1.28. The number of nitrogens with zero attached hydrogens (tertiary/aromatic N) is 2. The first-order valence-corrected chi connectivity index (χ1v) is 6.12. The summed E-state index contributed by atoms with van der Waals surface area (Å²) in [4.78, 5) is 27.1. The highest BCUT2D eigenvalue weighted by atomic mass is 16.5. The van der Waals surface area contributed by atoms with E-state index in [1.54, 1.807) is 31.2 Å². The smallest absolute Gasteiger partial charge is 0.375 e. The number of ether oxygens (including phenoxy) is 1. The van der Waals surface area contributed by atoms with E-state index in [1.165, 1.54) is 0 Å². The molecule has 2 aromatic rings. The van der Waals surface area contributed by atoms with Gasteiger partial charge in [-0.25, -0.2) is 4.79 Å². The zero-order valence-corrected chi connectivity index (χ0v) is 10.9. The van der Waals surface area contributed by atoms with E-state index in [9.17, 15) is 9.59 Å². The molecule has 0 aliphatic carbocycles. The number of carbonyl (C=O) groups excluding carboxylic acids is 2. The van der Waals surface area contributed by atoms with Crippen molar-refractivity contribution in [2.24, 2.45) is 0 Å². The second-order valence-corrected chi connectivity index (χ2v) is 3.87. The molecule has 1 aromatic carbocycles. The van der Waals surface area contributed by atoms with Crippen LogP contribution in [0.4, 0.5) is 5.95 Å². The van der Waals surface area contributed by atoms with Gasteiger partial charge in [0.15, 0.2) is 5.78 Å². The van der Waals surface area contributed by atoms with Crippen LogP contribution in [0.3, 0.4) is 0 Å². The van der Waals surface area contributed by atoms with Crippen LogP contribution in [-0.2, 0) is 4.74 Å². The lowest BCUT2D eigenvalue weighted by atomic mass is 10.1. The van der Waals surface area contributed by atoms with E-state index in [2.05, 4.69) is 20.5 Å². The third-order valence-electron chi connectivity index (χ3n) is 2.46. The van der Waals surface area contributed by atoms with Crippen molar-refractivity contribution in [3.8, 4) is 0 Å². The van der Waals surface area contributed by atoms with Crippen molar-refractivity contribution in [1.82, 2.24) is 15.2 Å². The van der Waals surface area contributed by atoms with Gasteiger partial charge in [0, 0.05) is 5.56 Å². The Labute approximate surface area is 115 Å². The van der Waals surface area contributed by atoms with Crippen LogP contribution in [0.5, 0.6) is 0 Å². The molecular formula is C13H14N4O3. The van der Waals surface area contributed by atoms with Gasteiger partial charge in [0.05, 0.1) is 13.2 Å². The Hall–Kier alpha value is -2.70. The molecule has 0 radical (unpaired) electrons. The van der Waals surface area contributed by atoms with Gasteiger partial charge < -0.3 is 10.1 Å². The van der Waals surface area contributed by atoms with Crippen LogP contribution in [0.25, 0.3) is 0 Å². The van der Waals surface area contributed by atoms with Crippen molar-refractivity contribution in [2.75, 3.05) is 18.5 Å². The highest BCUT2D eigenvalue weighted by Gasteiger charge is 2.13. The molecule has 0 fully saturated rings. The van der Waals surface area contributed by atoms with Gasteiger partial charge in [-0.15, -0.1) is 5.10 Å². The van der Waals surface area contributed by atoms with Gasteiger partial charge in [0.2, 0.25) is 11.8 Å². The molecule has 0 saturated heterocycles. The van der Waals surface area contributed by atoms with Crippen molar-refractivity contribution in [1.29, 1.82) is 0 Å². The molecular weight excluding hydrogens is 260 g/mol. The Balaban J connectivity index is 1.92. The molecule has 0 aliphatic rings. The number of Topliss-reactive ketones (excluding diaryl/α,β-unsaturated/α-hetero) is 1. The molecule has 1 aromatic heterocycles. The lowest BCUT2D eigenvalue weighted by Crippen LogP contribution is -2.14. The molecule has 0 bridgehead atoms. The Morgan fingerprint density at radius 3 is 2.75 bits per heavy atom. The van der Waals surface area contributed by atoms with Crippen molar-refractivity contribution in [2.45, 2.75) is 6.92 Å². The summed E-state index contributed by atoms with van der Waals surface area (Å²) >= 11 is 0. The average molecular weight is 274 g/mol. The molecule has 0 spiro atoms. The summed E-state index contributed by atoms with van der Waals surface area (Å²) in [6.07, 6.45) is 0. The second kappa shape index (κ2) is 6.46. The van der Waals surface area contributed by atoms with E-state index in [0.29, 0.717) is 5.56 Å². The van der Waals surface area contributed by atoms with Crippen LogP contribution in [0.1, 0.15) is 27.9 Å². The van der Waals surface area contributed by atoms with E-state index < -0.39 is 5.97 Å². The minimum absolute atomic E-state index is 0.00140. The summed E-state index contributed by atoms with van der Waals surface area (Å²) in [6.45, 7) is 2.00. The number of benzene rings is 1. The van der Waals surface area contributed by atoms with Crippen molar-refractivity contribution < 1.29 is 14.3 Å². The Morgan fingerprint density at radius 2 is 2.05 bits per heavy atom. The number of carbonyl (C=O) groups is 2. The number of ketones is 1. The predicted molar refractivity (Wildman–Crippen MR) is 71.6 cm³/mol. The maximum atomic E-state index is 11.8. The number of nitrogens with one attached hydrogen (secondary N) is 2. The van der Waals surface area contributed by atoms with Gasteiger partial charge >= 0.3 is 5.97 Å². The molecule has 104 valence electrons. The van der Waals surface area contributed by atoms with E-state index in [-0.39, 0.29) is 30.7 Å². The fourth-order valence-electron chi connectivity index (χ4n) is 1.52. The van der Waals surface area contributed by atoms with Crippen molar-refractivity contribution in [3.63, 3.8) is 0 Å². The van der Waals surface area contributed by atoms with Crippen LogP contribution >= 0.6 is 0 Å². The Bertz CT molecular complexity index is 595. The fraction of sp³-hybridized carbons (Fsp3) is 0.231. The van der Waals surface area contributed by atoms with Crippen LogP contribution in [0.2, 0.25) is 0 Å². The third kappa shape index (κ3) is 3.41. The minimum atomic E-state index is -0.581. The first-order chi connectivity index (χ1) is 9.70. The quantitative estimate of drug-likeness (QED) is 0.608. The van der Waals surface area contributed by atoms with E-state index in [4.69, 9.17) is 4.74 Å². The highest BCUT2D eigenvalue weighted by Crippen LogP contribution is 2.03. The van der Waals surface area contributed by atoms with Crippen LogP contribution in [-0.4, -0.2) is 40.1 Å². The van der Waals surface area contributed by atoms with Gasteiger partial charge in [-0.3, -0.25) is 9.89 Å². The number of aromatic nitrogens is 3. The minimum Gasteiger partial charge on any atom is -0.460 e. The van der Waals surface area contributed by atoms with Gasteiger partial charge in [-0.1, -0.05) is 30.3 Å². The first kappa shape index (κ1) is 13.7. The van der Waals surface area contributed by atoms with E-state index in [1.807, 2.05) is 6.07 Å². The van der Waals surface area contributed by atoms with Crippen LogP contribution in [0, 0.1) is 0 Å². The highest BCUT2D eigenvalue weighted by molar-refractivity contribution is 5.98. The number of aromatic amines is 1. The molecule has 7 heteroatoms. The average Bonchev–Trinajstić information content (AvgIpc) is 2.95. The summed E-state index contributed by atoms with van der Waals surface area (Å²) in [5, 5.41) is 8.98. The number of H-pyrrole nitrogens is 1. The lowest BCUT2D eigenvalue weighted by molar-refractivity contribution is 0.0512. The largest absolute Gasteiger partial charge is 0.460 e. The third-order valence-corrected chi connectivity index (χ3v) is 2.46. The molecule has 20 heavy (non-hydrogen) atoms. The molecule has 2 rings (SSSR count). The zero-order valence-electron chi connectivity index (χ0n) is 10.9. The summed E-state index contributed by atoms with van der Waals surface area (Å²) in [5.74, 6) is -0.491. The number of esters is 1. The molecule has 1 heterocycles. The molecule has 7 nitrogen and oxygen atoms in total. The van der Waals surface area contributed by atoms with Crippen LogP contribution in [0.15, 0.2) is 30.3 Å². The molecule has 0 unspecified atom stereocenters. The summed E-state index contributed by atoms with van der Waals surface area (Å²) in [6, 6.07) is 8.88. The van der Waals surface area contributed by atoms with E-state index in [0.717, 1.165) is 0 Å². The van der Waals surface area contributed by atoms with Gasteiger partial charge in [-0.2, -0.15) is 4.98 Å². The first-order valence-electron chi connectivity index (χ1n) is 6.12. The molecule has 0 aliphatic heterocycles. The van der Waals surface area contributed by atoms with Crippen LogP contribution < -0.4 is 5.32 Å². The lowest BCUT2D eigenvalue weighted by Gasteiger charge is -2.01. The molecule has 2 N–H and O–H groups in total. The van der Waals surface area contributed by atoms with Gasteiger partial charge in [-0.05, 0) is 6.92 Å². The summed E-state index contributed by atoms with van der Waals surface area (Å²) < 4.78 is 4.77. The van der Waals surface area contributed by atoms with Gasteiger partial charge in [0.1, 0.15) is 0 Å². The summed E-state index contributed by atoms with van der Waals surface area (Å²) in [5.41, 5.74) is 0.598. The van der Waals surface area contributed by atoms with Gasteiger partial charge in [0.25, 0.3) is 0 Å². The fourth-order valence-corrected chi connectivity index (χ4v) is 1.52.